The van der Waals surface area contributed by atoms with Crippen molar-refractivity contribution in [1.29, 1.82) is 0 Å². The van der Waals surface area contributed by atoms with E-state index in [1.807, 2.05) is 20.8 Å². The van der Waals surface area contributed by atoms with Crippen LogP contribution in [0.5, 0.6) is 0 Å². The van der Waals surface area contributed by atoms with Crippen LogP contribution in [0.15, 0.2) is 0 Å². The molecule has 1 aliphatic heterocycles. The van der Waals surface area contributed by atoms with Crippen LogP contribution in [0.4, 0.5) is 0 Å². The molecule has 0 amide bonds. The van der Waals surface area contributed by atoms with Gasteiger partial charge < -0.3 is 14.9 Å². The lowest BCUT2D eigenvalue weighted by molar-refractivity contribution is -0.165. The summed E-state index contributed by atoms with van der Waals surface area (Å²) < 4.78 is 5.69. The molecule has 1 heterocycles. The lowest BCUT2D eigenvalue weighted by atomic mass is 9.81. The van der Waals surface area contributed by atoms with Crippen LogP contribution in [0.2, 0.25) is 0 Å². The summed E-state index contributed by atoms with van der Waals surface area (Å²) in [4.78, 5) is 25.1. The van der Waals surface area contributed by atoms with E-state index >= 15 is 0 Å². The smallest absolute Gasteiger partial charge is 0.311 e. The molecule has 0 aromatic carbocycles. The van der Waals surface area contributed by atoms with Crippen LogP contribution in [0.1, 0.15) is 73.6 Å². The SMILES string of the molecule is CCC[C@H]1OC(=O)[C@H](C)[C@@H](O)[C@H](C)C[C@@H](C)CCC(=O)[C@H](C)[C@@H](O)[C@H]1C. The largest absolute Gasteiger partial charge is 0.462 e. The Labute approximate surface area is 158 Å². The molecule has 1 fully saturated rings. The fourth-order valence-electron chi connectivity index (χ4n) is 3.98. The van der Waals surface area contributed by atoms with Crippen LogP contribution in [0.25, 0.3) is 0 Å². The molecule has 0 bridgehead atoms. The minimum absolute atomic E-state index is 0.0457. The maximum Gasteiger partial charge on any atom is 0.311 e. The van der Waals surface area contributed by atoms with Crippen LogP contribution in [-0.2, 0) is 14.3 Å². The van der Waals surface area contributed by atoms with Gasteiger partial charge in [0.25, 0.3) is 0 Å². The number of carbonyl (C=O) groups is 2. The van der Waals surface area contributed by atoms with Crippen molar-refractivity contribution >= 4 is 11.8 Å². The van der Waals surface area contributed by atoms with Crippen molar-refractivity contribution in [2.24, 2.45) is 29.6 Å². The first-order valence-electron chi connectivity index (χ1n) is 10.2. The zero-order chi connectivity index (χ0) is 20.0. The number of rotatable bonds is 2. The number of aliphatic hydroxyl groups is 2. The molecule has 0 spiro atoms. The minimum Gasteiger partial charge on any atom is -0.462 e. The zero-order valence-corrected chi connectivity index (χ0v) is 17.3. The Kier molecular flexibility index (Phi) is 9.25. The van der Waals surface area contributed by atoms with Gasteiger partial charge in [-0.1, -0.05) is 41.0 Å². The Morgan fingerprint density at radius 2 is 1.62 bits per heavy atom. The molecule has 1 aliphatic rings. The molecule has 1 saturated heterocycles. The molecule has 1 rings (SSSR count). The molecule has 5 nitrogen and oxygen atoms in total. The normalized spacial score (nSPS) is 41.4. The molecule has 0 aromatic rings. The average Bonchev–Trinajstić information content (AvgIpc) is 2.61. The van der Waals surface area contributed by atoms with Crippen molar-refractivity contribution in [3.8, 4) is 0 Å². The maximum absolute atomic E-state index is 12.6. The Bertz CT molecular complexity index is 463. The van der Waals surface area contributed by atoms with Gasteiger partial charge in [-0.3, -0.25) is 9.59 Å². The highest BCUT2D eigenvalue weighted by Gasteiger charge is 2.36. The molecule has 0 aromatic heterocycles. The quantitative estimate of drug-likeness (QED) is 0.728. The van der Waals surface area contributed by atoms with Crippen molar-refractivity contribution in [2.45, 2.75) is 92.0 Å². The summed E-state index contributed by atoms with van der Waals surface area (Å²) in [5.74, 6) is -1.57. The molecule has 0 unspecified atom stereocenters. The molecular weight excluding hydrogens is 332 g/mol. The summed E-state index contributed by atoms with van der Waals surface area (Å²) in [5, 5.41) is 21.2. The second kappa shape index (κ2) is 10.4. The number of ether oxygens (including phenoxy) is 1. The lowest BCUT2D eigenvalue weighted by Crippen LogP contribution is -2.42. The van der Waals surface area contributed by atoms with E-state index in [0.717, 1.165) is 19.3 Å². The molecule has 2 N–H and O–H groups in total. The highest BCUT2D eigenvalue weighted by molar-refractivity contribution is 5.81. The summed E-state index contributed by atoms with van der Waals surface area (Å²) in [5.41, 5.74) is 0. The van der Waals surface area contributed by atoms with E-state index < -0.39 is 36.1 Å². The zero-order valence-electron chi connectivity index (χ0n) is 17.3. The summed E-state index contributed by atoms with van der Waals surface area (Å²) in [6.45, 7) is 11.3. The van der Waals surface area contributed by atoms with Crippen LogP contribution in [0.3, 0.4) is 0 Å². The van der Waals surface area contributed by atoms with Gasteiger partial charge in [0, 0.05) is 18.3 Å². The van der Waals surface area contributed by atoms with Crippen LogP contribution < -0.4 is 0 Å². The maximum atomic E-state index is 12.6. The standard InChI is InChI=1S/C21H38O5/c1-7-8-18-15(5)20(24)14(4)17(22)10-9-12(2)11-13(3)19(23)16(6)21(25)26-18/h12-16,18-20,23-24H,7-11H2,1-6H3/t12-,13+,14-,15-,16+,18+,19-,20+/m0/s1. The number of ketones is 1. The molecule has 26 heavy (non-hydrogen) atoms. The third kappa shape index (κ3) is 6.05. The fourth-order valence-corrected chi connectivity index (χ4v) is 3.98. The number of carbonyl (C=O) groups excluding carboxylic acids is 2. The van der Waals surface area contributed by atoms with E-state index in [4.69, 9.17) is 4.74 Å². The van der Waals surface area contributed by atoms with Gasteiger partial charge in [-0.25, -0.2) is 0 Å². The number of cyclic esters (lactones) is 1. The van der Waals surface area contributed by atoms with Gasteiger partial charge in [0.05, 0.1) is 18.1 Å². The molecule has 152 valence electrons. The number of Topliss-reactive ketones (excluding diaryl/α,β-unsaturated/α-hetero) is 1. The molecule has 0 aliphatic carbocycles. The van der Waals surface area contributed by atoms with E-state index in [-0.39, 0.29) is 23.5 Å². The fraction of sp³-hybridized carbons (Fsp3) is 0.905. The third-order valence-electron chi connectivity index (χ3n) is 6.11. The van der Waals surface area contributed by atoms with E-state index in [0.29, 0.717) is 12.8 Å². The van der Waals surface area contributed by atoms with E-state index in [9.17, 15) is 19.8 Å². The van der Waals surface area contributed by atoms with Crippen molar-refractivity contribution in [3.63, 3.8) is 0 Å². The van der Waals surface area contributed by atoms with Gasteiger partial charge in [-0.05, 0) is 38.0 Å². The second-order valence-corrected chi connectivity index (χ2v) is 8.50. The second-order valence-electron chi connectivity index (χ2n) is 8.50. The molecule has 8 atom stereocenters. The van der Waals surface area contributed by atoms with Gasteiger partial charge in [0.15, 0.2) is 0 Å². The average molecular weight is 371 g/mol. The van der Waals surface area contributed by atoms with E-state index in [1.54, 1.807) is 13.8 Å². The van der Waals surface area contributed by atoms with Crippen molar-refractivity contribution in [2.75, 3.05) is 0 Å². The Balaban J connectivity index is 3.08. The summed E-state index contributed by atoms with van der Waals surface area (Å²) in [6, 6.07) is 0. The molecular formula is C21H38O5. The molecule has 0 saturated carbocycles. The van der Waals surface area contributed by atoms with Crippen LogP contribution in [-0.4, -0.2) is 40.3 Å². The van der Waals surface area contributed by atoms with Gasteiger partial charge in [0.1, 0.15) is 11.9 Å². The summed E-state index contributed by atoms with van der Waals surface area (Å²) in [6.07, 6.45) is 1.28. The summed E-state index contributed by atoms with van der Waals surface area (Å²) in [7, 11) is 0. The monoisotopic (exact) mass is 370 g/mol. The number of hydrogen-bond donors (Lipinski definition) is 2. The lowest BCUT2D eigenvalue weighted by Gasteiger charge is -2.33. The minimum atomic E-state index is -0.843. The van der Waals surface area contributed by atoms with Gasteiger partial charge >= 0.3 is 5.97 Å². The van der Waals surface area contributed by atoms with Crippen LogP contribution in [0, 0.1) is 29.6 Å². The van der Waals surface area contributed by atoms with E-state index in [1.165, 1.54) is 0 Å². The topological polar surface area (TPSA) is 83.8 Å². The van der Waals surface area contributed by atoms with Gasteiger partial charge in [0.2, 0.25) is 0 Å². The number of hydrogen-bond acceptors (Lipinski definition) is 5. The van der Waals surface area contributed by atoms with Crippen molar-refractivity contribution in [1.82, 2.24) is 0 Å². The first kappa shape index (κ1) is 23.1. The van der Waals surface area contributed by atoms with Crippen LogP contribution >= 0.6 is 0 Å². The third-order valence-corrected chi connectivity index (χ3v) is 6.11. The van der Waals surface area contributed by atoms with Gasteiger partial charge in [-0.2, -0.15) is 0 Å². The first-order chi connectivity index (χ1) is 12.1. The Hall–Kier alpha value is -0.940. The number of esters is 1. The Morgan fingerprint density at radius 1 is 1.00 bits per heavy atom. The molecule has 0 radical (unpaired) electrons. The molecule has 5 heteroatoms. The number of aliphatic hydroxyl groups excluding tert-OH is 2. The Morgan fingerprint density at radius 3 is 2.19 bits per heavy atom. The predicted octanol–water partition coefficient (Wildman–Crippen LogP) is 3.35. The van der Waals surface area contributed by atoms with Gasteiger partial charge in [-0.15, -0.1) is 0 Å². The van der Waals surface area contributed by atoms with E-state index in [2.05, 4.69) is 6.92 Å². The highest BCUT2D eigenvalue weighted by atomic mass is 16.5. The van der Waals surface area contributed by atoms with Crippen molar-refractivity contribution < 1.29 is 24.5 Å². The first-order valence-corrected chi connectivity index (χ1v) is 10.2. The van der Waals surface area contributed by atoms with Crippen molar-refractivity contribution in [3.05, 3.63) is 0 Å². The highest BCUT2D eigenvalue weighted by Crippen LogP contribution is 2.29. The summed E-state index contributed by atoms with van der Waals surface area (Å²) >= 11 is 0. The predicted molar refractivity (Wildman–Crippen MR) is 101 cm³/mol.